The maximum atomic E-state index is 12.2. The average molecular weight is 496 g/mol. The Bertz CT molecular complexity index is 1250. The first-order valence-corrected chi connectivity index (χ1v) is 12.5. The third kappa shape index (κ3) is 5.25. The molecule has 3 aromatic rings. The van der Waals surface area contributed by atoms with Crippen LogP contribution in [0.5, 0.6) is 5.75 Å². The normalized spacial score (nSPS) is 14.6. The Kier molecular flexibility index (Phi) is 7.55. The fourth-order valence-electron chi connectivity index (χ4n) is 4.62. The van der Waals surface area contributed by atoms with Gasteiger partial charge in [0.1, 0.15) is 11.4 Å². The second-order valence-corrected chi connectivity index (χ2v) is 9.68. The molecule has 7 nitrogen and oxygen atoms in total. The number of aromatic amines is 1. The third-order valence-electron chi connectivity index (χ3n) is 6.56. The number of nitrogens with one attached hydrogen (secondary N) is 2. The van der Waals surface area contributed by atoms with Crippen LogP contribution in [-0.2, 0) is 0 Å². The van der Waals surface area contributed by atoms with Crippen molar-refractivity contribution in [3.8, 4) is 5.75 Å². The number of aromatic nitrogens is 2. The number of hydrogen-bond acceptors (Lipinski definition) is 4. The summed E-state index contributed by atoms with van der Waals surface area (Å²) in [4.78, 5) is 23.7. The number of ether oxygens (including phenoxy) is 1. The monoisotopic (exact) mass is 495 g/mol. The second kappa shape index (κ2) is 10.6. The Morgan fingerprint density at radius 2 is 2.14 bits per heavy atom. The van der Waals surface area contributed by atoms with Gasteiger partial charge in [0.05, 0.1) is 17.8 Å². The van der Waals surface area contributed by atoms with Crippen LogP contribution in [0.2, 0.25) is 5.02 Å². The number of halogens is 1. The van der Waals surface area contributed by atoms with E-state index in [1.165, 1.54) is 5.57 Å². The van der Waals surface area contributed by atoms with Crippen LogP contribution in [0, 0.1) is 0 Å². The minimum absolute atomic E-state index is 0.0381. The molecule has 0 spiro atoms. The van der Waals surface area contributed by atoms with E-state index in [0.717, 1.165) is 52.9 Å². The Morgan fingerprint density at radius 3 is 2.80 bits per heavy atom. The third-order valence-corrected chi connectivity index (χ3v) is 6.96. The van der Waals surface area contributed by atoms with E-state index < -0.39 is 0 Å². The van der Waals surface area contributed by atoms with Crippen molar-refractivity contribution in [3.63, 3.8) is 0 Å². The standard InChI is InChI=1S/C27H34ClN5O2/c1-6-7-17(2)20-14-19(15-24(35-5)25(20)28)30-22-8-11-29-26-21(22)16-23(31-26)18-9-12-33(13-10-18)27(34)32(3)4/h8-9,11,14-17H,6-7,10,12-13H2,1-5H3,(H2,29,30,31). The number of rotatable bonds is 7. The van der Waals surface area contributed by atoms with Crippen molar-refractivity contribution in [1.82, 2.24) is 19.8 Å². The van der Waals surface area contributed by atoms with Gasteiger partial charge < -0.3 is 24.8 Å². The number of nitrogens with zero attached hydrogens (tertiary/aromatic N) is 3. The summed E-state index contributed by atoms with van der Waals surface area (Å²) >= 11 is 6.64. The molecule has 0 fully saturated rings. The van der Waals surface area contributed by atoms with Gasteiger partial charge in [0.25, 0.3) is 0 Å². The predicted octanol–water partition coefficient (Wildman–Crippen LogP) is 6.64. The van der Waals surface area contributed by atoms with Gasteiger partial charge in [-0.15, -0.1) is 0 Å². The summed E-state index contributed by atoms with van der Waals surface area (Å²) < 4.78 is 5.57. The molecule has 0 saturated heterocycles. The number of urea groups is 1. The number of anilines is 2. The fraction of sp³-hybridized carbons (Fsp3) is 0.407. The van der Waals surface area contributed by atoms with Gasteiger partial charge in [-0.05, 0) is 48.1 Å². The van der Waals surface area contributed by atoms with Gasteiger partial charge in [0.2, 0.25) is 0 Å². The molecule has 0 saturated carbocycles. The van der Waals surface area contributed by atoms with Crippen LogP contribution in [0.4, 0.5) is 16.2 Å². The number of benzene rings is 1. The molecule has 35 heavy (non-hydrogen) atoms. The molecule has 1 atom stereocenters. The highest BCUT2D eigenvalue weighted by Crippen LogP contribution is 2.39. The minimum atomic E-state index is 0.0381. The topological polar surface area (TPSA) is 73.5 Å². The van der Waals surface area contributed by atoms with Crippen LogP contribution in [0.1, 0.15) is 50.3 Å². The molecule has 0 aliphatic carbocycles. The Labute approximate surface area is 212 Å². The number of amides is 2. The first-order chi connectivity index (χ1) is 16.8. The van der Waals surface area contributed by atoms with Gasteiger partial charge in [0.15, 0.2) is 0 Å². The molecule has 2 N–H and O–H groups in total. The van der Waals surface area contributed by atoms with Crippen molar-refractivity contribution in [2.75, 3.05) is 39.6 Å². The van der Waals surface area contributed by atoms with Crippen molar-refractivity contribution < 1.29 is 9.53 Å². The van der Waals surface area contributed by atoms with E-state index in [4.69, 9.17) is 16.3 Å². The highest BCUT2D eigenvalue weighted by atomic mass is 35.5. The highest BCUT2D eigenvalue weighted by Gasteiger charge is 2.21. The SMILES string of the molecule is CCCC(C)c1cc(Nc2ccnc3[nH]c(C4=CCN(C(=O)N(C)C)CC4)cc23)cc(OC)c1Cl. The second-order valence-electron chi connectivity index (χ2n) is 9.30. The zero-order chi connectivity index (χ0) is 25.1. The summed E-state index contributed by atoms with van der Waals surface area (Å²) in [5, 5.41) is 5.24. The van der Waals surface area contributed by atoms with E-state index in [1.54, 1.807) is 32.3 Å². The lowest BCUT2D eigenvalue weighted by atomic mass is 9.95. The first-order valence-electron chi connectivity index (χ1n) is 12.1. The zero-order valence-electron chi connectivity index (χ0n) is 21.1. The lowest BCUT2D eigenvalue weighted by Gasteiger charge is -2.28. The van der Waals surface area contributed by atoms with Gasteiger partial charge in [-0.2, -0.15) is 0 Å². The van der Waals surface area contributed by atoms with E-state index in [1.807, 2.05) is 17.0 Å². The molecule has 1 unspecified atom stereocenters. The predicted molar refractivity (Wildman–Crippen MR) is 144 cm³/mol. The molecule has 4 rings (SSSR count). The Hall–Kier alpha value is -3.19. The van der Waals surface area contributed by atoms with Gasteiger partial charge in [-0.3, -0.25) is 0 Å². The van der Waals surface area contributed by atoms with Crippen LogP contribution in [0.3, 0.4) is 0 Å². The largest absolute Gasteiger partial charge is 0.495 e. The summed E-state index contributed by atoms with van der Waals surface area (Å²) in [5.74, 6) is 0.996. The summed E-state index contributed by atoms with van der Waals surface area (Å²) in [6, 6.07) is 8.20. The van der Waals surface area contributed by atoms with Gasteiger partial charge in [0, 0.05) is 56.2 Å². The number of hydrogen-bond donors (Lipinski definition) is 2. The van der Waals surface area contributed by atoms with Crippen molar-refractivity contribution in [1.29, 1.82) is 0 Å². The number of carbonyl (C=O) groups is 1. The van der Waals surface area contributed by atoms with Crippen LogP contribution in [0.15, 0.2) is 36.5 Å². The molecule has 8 heteroatoms. The van der Waals surface area contributed by atoms with E-state index in [9.17, 15) is 4.79 Å². The quantitative estimate of drug-likeness (QED) is 0.385. The van der Waals surface area contributed by atoms with Crippen LogP contribution >= 0.6 is 11.6 Å². The summed E-state index contributed by atoms with van der Waals surface area (Å²) in [6.45, 7) is 5.67. The smallest absolute Gasteiger partial charge is 0.319 e. The number of pyridine rings is 1. The lowest BCUT2D eigenvalue weighted by molar-refractivity contribution is 0.176. The van der Waals surface area contributed by atoms with Crippen LogP contribution in [0.25, 0.3) is 16.6 Å². The summed E-state index contributed by atoms with van der Waals surface area (Å²) in [6.07, 6.45) is 6.85. The number of fused-ring (bicyclic) bond motifs is 1. The van der Waals surface area contributed by atoms with Crippen molar-refractivity contribution >= 4 is 45.6 Å². The van der Waals surface area contributed by atoms with Gasteiger partial charge in [-0.1, -0.05) is 37.9 Å². The summed E-state index contributed by atoms with van der Waals surface area (Å²) in [7, 11) is 5.21. The van der Waals surface area contributed by atoms with E-state index in [2.05, 4.69) is 47.3 Å². The molecule has 1 aliphatic heterocycles. The molecule has 2 amide bonds. The minimum Gasteiger partial charge on any atom is -0.495 e. The maximum Gasteiger partial charge on any atom is 0.319 e. The molecule has 2 aromatic heterocycles. The van der Waals surface area contributed by atoms with Crippen LogP contribution < -0.4 is 10.1 Å². The molecular formula is C27H34ClN5O2. The van der Waals surface area contributed by atoms with Gasteiger partial charge in [-0.25, -0.2) is 9.78 Å². The lowest BCUT2D eigenvalue weighted by Crippen LogP contribution is -2.41. The van der Waals surface area contributed by atoms with Crippen molar-refractivity contribution in [3.05, 3.63) is 52.8 Å². The molecule has 0 bridgehead atoms. The van der Waals surface area contributed by atoms with Crippen molar-refractivity contribution in [2.24, 2.45) is 0 Å². The maximum absolute atomic E-state index is 12.2. The Balaban J connectivity index is 1.63. The zero-order valence-corrected chi connectivity index (χ0v) is 21.9. The highest BCUT2D eigenvalue weighted by molar-refractivity contribution is 6.33. The number of H-pyrrole nitrogens is 1. The van der Waals surface area contributed by atoms with Crippen molar-refractivity contribution in [2.45, 2.75) is 39.0 Å². The molecule has 3 heterocycles. The van der Waals surface area contributed by atoms with E-state index in [0.29, 0.717) is 29.8 Å². The molecule has 0 radical (unpaired) electrons. The average Bonchev–Trinajstić information content (AvgIpc) is 3.30. The van der Waals surface area contributed by atoms with E-state index >= 15 is 0 Å². The molecule has 1 aliphatic rings. The van der Waals surface area contributed by atoms with Crippen LogP contribution in [-0.4, -0.2) is 60.1 Å². The fourth-order valence-corrected chi connectivity index (χ4v) is 4.99. The van der Waals surface area contributed by atoms with Gasteiger partial charge >= 0.3 is 6.03 Å². The molecular weight excluding hydrogens is 462 g/mol. The molecule has 1 aromatic carbocycles. The first kappa shape index (κ1) is 24.9. The summed E-state index contributed by atoms with van der Waals surface area (Å²) in [5.41, 5.74) is 6.01. The van der Waals surface area contributed by atoms with E-state index in [-0.39, 0.29) is 6.03 Å². The molecule has 186 valence electrons. The Morgan fingerprint density at radius 1 is 1.34 bits per heavy atom. The number of methoxy groups -OCH3 is 1. The number of carbonyl (C=O) groups excluding carboxylic acids is 1.